The van der Waals surface area contributed by atoms with Crippen LogP contribution in [0.2, 0.25) is 0 Å². The highest BCUT2D eigenvalue weighted by Crippen LogP contribution is 2.24. The summed E-state index contributed by atoms with van der Waals surface area (Å²) in [5.74, 6) is 2.00. The van der Waals surface area contributed by atoms with Crippen molar-refractivity contribution in [3.05, 3.63) is 60.6 Å². The van der Waals surface area contributed by atoms with Gasteiger partial charge in [-0.15, -0.1) is 5.10 Å². The molecule has 0 radical (unpaired) electrons. The maximum absolute atomic E-state index is 5.38. The van der Waals surface area contributed by atoms with Crippen LogP contribution in [0.15, 0.2) is 64.5 Å². The topological polar surface area (TPSA) is 69.1 Å². The van der Waals surface area contributed by atoms with Gasteiger partial charge >= 0.3 is 0 Å². The molecule has 0 aliphatic heterocycles. The van der Waals surface area contributed by atoms with Crippen LogP contribution in [0.5, 0.6) is 0 Å². The number of thioether (sulfide) groups is 1. The fourth-order valence-corrected chi connectivity index (χ4v) is 2.74. The Kier molecular flexibility index (Phi) is 3.32. The van der Waals surface area contributed by atoms with Gasteiger partial charge in [0.15, 0.2) is 5.76 Å². The molecule has 0 atom stereocenters. The van der Waals surface area contributed by atoms with Gasteiger partial charge in [-0.25, -0.2) is 9.50 Å². The predicted molar refractivity (Wildman–Crippen MR) is 82.3 cm³/mol. The Bertz CT molecular complexity index is 869. The summed E-state index contributed by atoms with van der Waals surface area (Å²) in [5.41, 5.74) is 1.87. The molecule has 0 amide bonds. The molecular formula is C15H11N5OS. The zero-order valence-corrected chi connectivity index (χ0v) is 12.3. The Morgan fingerprint density at radius 1 is 1.14 bits per heavy atom. The monoisotopic (exact) mass is 309 g/mol. The SMILES string of the molecule is c1ccc(-c2cc(CSc3nc4ncccn4n3)no2)cc1. The van der Waals surface area contributed by atoms with Crippen molar-refractivity contribution < 1.29 is 4.52 Å². The van der Waals surface area contributed by atoms with Crippen LogP contribution in [0.1, 0.15) is 5.69 Å². The molecule has 0 aliphatic rings. The maximum Gasteiger partial charge on any atom is 0.253 e. The van der Waals surface area contributed by atoms with Crippen LogP contribution in [-0.2, 0) is 5.75 Å². The van der Waals surface area contributed by atoms with Gasteiger partial charge < -0.3 is 4.52 Å². The molecule has 3 heterocycles. The summed E-state index contributed by atoms with van der Waals surface area (Å²) in [6, 6.07) is 13.7. The molecular weight excluding hydrogens is 298 g/mol. The highest BCUT2D eigenvalue weighted by molar-refractivity contribution is 7.98. The molecule has 0 unspecified atom stereocenters. The van der Waals surface area contributed by atoms with E-state index in [1.165, 1.54) is 11.8 Å². The van der Waals surface area contributed by atoms with Gasteiger partial charge in [0, 0.05) is 29.8 Å². The van der Waals surface area contributed by atoms with Crippen molar-refractivity contribution in [1.82, 2.24) is 24.7 Å². The van der Waals surface area contributed by atoms with Crippen molar-refractivity contribution in [3.63, 3.8) is 0 Å². The quantitative estimate of drug-likeness (QED) is 0.540. The largest absolute Gasteiger partial charge is 0.356 e. The van der Waals surface area contributed by atoms with Crippen LogP contribution in [0.4, 0.5) is 0 Å². The Labute approximate surface area is 130 Å². The van der Waals surface area contributed by atoms with Crippen LogP contribution in [-0.4, -0.2) is 24.7 Å². The molecule has 0 fully saturated rings. The average Bonchev–Trinajstić information content (AvgIpc) is 3.20. The Morgan fingerprint density at radius 2 is 2.05 bits per heavy atom. The Balaban J connectivity index is 1.49. The third-order valence-electron chi connectivity index (χ3n) is 3.06. The number of fused-ring (bicyclic) bond motifs is 1. The third-order valence-corrected chi connectivity index (χ3v) is 3.93. The van der Waals surface area contributed by atoms with Crippen molar-refractivity contribution in [1.29, 1.82) is 0 Å². The number of nitrogens with zero attached hydrogens (tertiary/aromatic N) is 5. The first-order chi connectivity index (χ1) is 10.9. The summed E-state index contributed by atoms with van der Waals surface area (Å²) in [4.78, 5) is 8.48. The second-order valence-corrected chi connectivity index (χ2v) is 5.54. The standard InChI is InChI=1S/C15H11N5OS/c1-2-5-11(6-3-1)13-9-12(19-21-13)10-22-15-17-14-16-7-4-8-20(14)18-15/h1-9H,10H2. The number of hydrogen-bond donors (Lipinski definition) is 0. The van der Waals surface area contributed by atoms with Crippen molar-refractivity contribution in [2.75, 3.05) is 0 Å². The molecule has 0 saturated heterocycles. The van der Waals surface area contributed by atoms with Gasteiger partial charge in [0.1, 0.15) is 0 Å². The minimum Gasteiger partial charge on any atom is -0.356 e. The predicted octanol–water partition coefficient (Wildman–Crippen LogP) is 3.07. The zero-order chi connectivity index (χ0) is 14.8. The lowest BCUT2D eigenvalue weighted by Gasteiger charge is -1.91. The average molecular weight is 309 g/mol. The second-order valence-electron chi connectivity index (χ2n) is 4.60. The van der Waals surface area contributed by atoms with Crippen molar-refractivity contribution in [2.45, 2.75) is 10.9 Å². The lowest BCUT2D eigenvalue weighted by molar-refractivity contribution is 0.426. The van der Waals surface area contributed by atoms with E-state index in [0.29, 0.717) is 16.7 Å². The number of rotatable bonds is 4. The van der Waals surface area contributed by atoms with E-state index in [9.17, 15) is 0 Å². The molecule has 3 aromatic heterocycles. The first kappa shape index (κ1) is 13.0. The summed E-state index contributed by atoms with van der Waals surface area (Å²) in [6.07, 6.45) is 3.52. The Morgan fingerprint density at radius 3 is 2.91 bits per heavy atom. The smallest absolute Gasteiger partial charge is 0.253 e. The van der Waals surface area contributed by atoms with Crippen molar-refractivity contribution in [2.24, 2.45) is 0 Å². The molecule has 4 aromatic rings. The fraction of sp³-hybridized carbons (Fsp3) is 0.0667. The van der Waals surface area contributed by atoms with Crippen LogP contribution < -0.4 is 0 Å². The van der Waals surface area contributed by atoms with E-state index in [1.54, 1.807) is 10.7 Å². The summed E-state index contributed by atoms with van der Waals surface area (Å²) in [5, 5.41) is 9.10. The van der Waals surface area contributed by atoms with Crippen LogP contribution in [0, 0.1) is 0 Å². The molecule has 0 aliphatic carbocycles. The molecule has 0 saturated carbocycles. The van der Waals surface area contributed by atoms with E-state index in [0.717, 1.165) is 17.0 Å². The molecule has 7 heteroatoms. The lowest BCUT2D eigenvalue weighted by Crippen LogP contribution is -1.87. The summed E-state index contributed by atoms with van der Waals surface area (Å²) >= 11 is 1.50. The van der Waals surface area contributed by atoms with E-state index in [-0.39, 0.29) is 0 Å². The highest BCUT2D eigenvalue weighted by atomic mass is 32.2. The van der Waals surface area contributed by atoms with Gasteiger partial charge in [0.25, 0.3) is 5.78 Å². The van der Waals surface area contributed by atoms with Crippen molar-refractivity contribution >= 4 is 17.5 Å². The molecule has 22 heavy (non-hydrogen) atoms. The third kappa shape index (κ3) is 2.58. The molecule has 108 valence electrons. The van der Waals surface area contributed by atoms with E-state index in [2.05, 4.69) is 20.2 Å². The van der Waals surface area contributed by atoms with Gasteiger partial charge in [-0.3, -0.25) is 0 Å². The van der Waals surface area contributed by atoms with E-state index < -0.39 is 0 Å². The van der Waals surface area contributed by atoms with Crippen molar-refractivity contribution in [3.8, 4) is 11.3 Å². The maximum atomic E-state index is 5.38. The molecule has 6 nitrogen and oxygen atoms in total. The normalized spacial score (nSPS) is 11.1. The van der Waals surface area contributed by atoms with Gasteiger partial charge in [0.2, 0.25) is 5.16 Å². The molecule has 0 spiro atoms. The van der Waals surface area contributed by atoms with Crippen LogP contribution in [0.25, 0.3) is 17.1 Å². The minimum absolute atomic E-state index is 0.593. The summed E-state index contributed by atoms with van der Waals surface area (Å²) < 4.78 is 7.03. The summed E-state index contributed by atoms with van der Waals surface area (Å²) in [6.45, 7) is 0. The summed E-state index contributed by atoms with van der Waals surface area (Å²) in [7, 11) is 0. The van der Waals surface area contributed by atoms with E-state index in [4.69, 9.17) is 4.52 Å². The van der Waals surface area contributed by atoms with Gasteiger partial charge in [0.05, 0.1) is 5.69 Å². The van der Waals surface area contributed by atoms with E-state index >= 15 is 0 Å². The molecule has 1 aromatic carbocycles. The lowest BCUT2D eigenvalue weighted by atomic mass is 10.2. The van der Waals surface area contributed by atoms with Gasteiger partial charge in [-0.1, -0.05) is 47.3 Å². The number of aromatic nitrogens is 5. The number of benzene rings is 1. The first-order valence-corrected chi connectivity index (χ1v) is 7.68. The second kappa shape index (κ2) is 5.61. The van der Waals surface area contributed by atoms with Gasteiger partial charge in [-0.05, 0) is 6.07 Å². The highest BCUT2D eigenvalue weighted by Gasteiger charge is 2.09. The Hall–Kier alpha value is -2.67. The zero-order valence-electron chi connectivity index (χ0n) is 11.5. The molecule has 4 rings (SSSR count). The van der Waals surface area contributed by atoms with E-state index in [1.807, 2.05) is 48.7 Å². The molecule has 0 N–H and O–H groups in total. The number of hydrogen-bond acceptors (Lipinski definition) is 6. The first-order valence-electron chi connectivity index (χ1n) is 6.70. The van der Waals surface area contributed by atoms with Crippen LogP contribution >= 0.6 is 11.8 Å². The molecule has 0 bridgehead atoms. The van der Waals surface area contributed by atoms with Crippen LogP contribution in [0.3, 0.4) is 0 Å². The minimum atomic E-state index is 0.593. The van der Waals surface area contributed by atoms with Gasteiger partial charge in [-0.2, -0.15) is 4.98 Å². The fourth-order valence-electron chi connectivity index (χ4n) is 2.03.